The Labute approximate surface area is 177 Å². The van der Waals surface area contributed by atoms with Crippen molar-refractivity contribution < 1.29 is 14.4 Å². The summed E-state index contributed by atoms with van der Waals surface area (Å²) in [4.78, 5) is 35.3. The van der Waals surface area contributed by atoms with Crippen LogP contribution in [0.1, 0.15) is 32.1 Å². The summed E-state index contributed by atoms with van der Waals surface area (Å²) in [6, 6.07) is 2.92. The summed E-state index contributed by atoms with van der Waals surface area (Å²) >= 11 is 18.1. The molecule has 0 fully saturated rings. The van der Waals surface area contributed by atoms with E-state index < -0.39 is 0 Å². The number of rotatable bonds is 8. The molecule has 0 unspecified atom stereocenters. The van der Waals surface area contributed by atoms with Gasteiger partial charge in [0.15, 0.2) is 0 Å². The predicted molar refractivity (Wildman–Crippen MR) is 111 cm³/mol. The van der Waals surface area contributed by atoms with Gasteiger partial charge in [-0.1, -0.05) is 47.8 Å². The number of anilines is 1. The van der Waals surface area contributed by atoms with Crippen LogP contribution in [0.3, 0.4) is 0 Å². The topological polar surface area (TPSA) is 90.9 Å². The minimum Gasteiger partial charge on any atom is -0.353 e. The molecule has 7 nitrogen and oxygen atoms in total. The van der Waals surface area contributed by atoms with E-state index in [4.69, 9.17) is 34.8 Å². The van der Waals surface area contributed by atoms with Crippen LogP contribution in [0.4, 0.5) is 5.69 Å². The summed E-state index contributed by atoms with van der Waals surface area (Å²) in [5.74, 6) is -0.585. The van der Waals surface area contributed by atoms with Crippen LogP contribution in [-0.4, -0.2) is 30.1 Å². The molecular formula is C18H19Cl3N4O3. The van der Waals surface area contributed by atoms with Gasteiger partial charge in [0.2, 0.25) is 11.8 Å². The zero-order chi connectivity index (χ0) is 20.7. The van der Waals surface area contributed by atoms with Gasteiger partial charge >= 0.3 is 0 Å². The third-order valence-corrected chi connectivity index (χ3v) is 4.61. The van der Waals surface area contributed by atoms with Crippen LogP contribution in [0.2, 0.25) is 15.1 Å². The molecule has 0 saturated heterocycles. The molecule has 1 aliphatic heterocycles. The van der Waals surface area contributed by atoms with E-state index in [9.17, 15) is 14.4 Å². The van der Waals surface area contributed by atoms with E-state index in [-0.39, 0.29) is 52.1 Å². The third-order valence-electron chi connectivity index (χ3n) is 3.82. The zero-order valence-corrected chi connectivity index (χ0v) is 17.2. The number of hydrazone groups is 1. The van der Waals surface area contributed by atoms with Crippen molar-refractivity contribution in [3.63, 3.8) is 0 Å². The third kappa shape index (κ3) is 6.22. The molecule has 10 heteroatoms. The summed E-state index contributed by atoms with van der Waals surface area (Å²) in [5, 5.41) is 11.2. The number of carbonyl (C=O) groups is 3. The second-order valence-corrected chi connectivity index (χ2v) is 7.25. The van der Waals surface area contributed by atoms with Gasteiger partial charge in [-0.25, -0.2) is 0 Å². The molecule has 28 heavy (non-hydrogen) atoms. The maximum Gasteiger partial charge on any atom is 0.255 e. The Morgan fingerprint density at radius 3 is 2.50 bits per heavy atom. The number of halogens is 3. The molecule has 2 rings (SSSR count). The van der Waals surface area contributed by atoms with Gasteiger partial charge in [-0.15, -0.1) is 0 Å². The van der Waals surface area contributed by atoms with Gasteiger partial charge in [0, 0.05) is 18.0 Å². The van der Waals surface area contributed by atoms with Gasteiger partial charge in [-0.05, 0) is 31.1 Å². The Balaban J connectivity index is 1.84. The first-order valence-electron chi connectivity index (χ1n) is 8.57. The van der Waals surface area contributed by atoms with Crippen LogP contribution in [0.5, 0.6) is 0 Å². The molecule has 0 bridgehead atoms. The quantitative estimate of drug-likeness (QED) is 0.472. The first-order chi connectivity index (χ1) is 13.3. The molecule has 1 aromatic rings. The van der Waals surface area contributed by atoms with Gasteiger partial charge < -0.3 is 10.6 Å². The van der Waals surface area contributed by atoms with Gasteiger partial charge in [0.25, 0.3) is 5.91 Å². The normalized spacial score (nSPS) is 13.3. The molecule has 1 aromatic carbocycles. The van der Waals surface area contributed by atoms with E-state index in [0.717, 1.165) is 17.9 Å². The smallest absolute Gasteiger partial charge is 0.255 e. The van der Waals surface area contributed by atoms with E-state index in [1.807, 2.05) is 0 Å². The van der Waals surface area contributed by atoms with Crippen molar-refractivity contribution in [2.24, 2.45) is 5.10 Å². The number of amidine groups is 1. The average molecular weight is 446 g/mol. The van der Waals surface area contributed by atoms with E-state index in [1.54, 1.807) is 0 Å². The molecular weight excluding hydrogens is 427 g/mol. The lowest BCUT2D eigenvalue weighted by Gasteiger charge is -2.15. The van der Waals surface area contributed by atoms with Gasteiger partial charge in [-0.3, -0.25) is 14.4 Å². The van der Waals surface area contributed by atoms with Gasteiger partial charge in [0.05, 0.1) is 16.5 Å². The molecule has 150 valence electrons. The zero-order valence-electron chi connectivity index (χ0n) is 14.9. The Morgan fingerprint density at radius 1 is 1.18 bits per heavy atom. The van der Waals surface area contributed by atoms with Crippen molar-refractivity contribution in [1.82, 2.24) is 10.6 Å². The summed E-state index contributed by atoms with van der Waals surface area (Å²) in [6.07, 6.45) is 3.62. The summed E-state index contributed by atoms with van der Waals surface area (Å²) in [6.45, 7) is 3.90. The summed E-state index contributed by atoms with van der Waals surface area (Å²) in [5.41, 5.74) is 0.226. The molecule has 1 aliphatic rings. The van der Waals surface area contributed by atoms with E-state index in [2.05, 4.69) is 22.3 Å². The maximum absolute atomic E-state index is 12.2. The minimum absolute atomic E-state index is 0.0609. The van der Waals surface area contributed by atoms with E-state index in [1.165, 1.54) is 18.2 Å². The van der Waals surface area contributed by atoms with Crippen LogP contribution in [-0.2, 0) is 14.4 Å². The van der Waals surface area contributed by atoms with Crippen molar-refractivity contribution in [2.45, 2.75) is 32.1 Å². The Morgan fingerprint density at radius 2 is 1.86 bits per heavy atom. The molecule has 0 saturated carbocycles. The molecule has 0 spiro atoms. The number of unbranched alkanes of at least 4 members (excludes halogenated alkanes) is 2. The molecule has 1 heterocycles. The Kier molecular flexibility index (Phi) is 8.29. The fourth-order valence-corrected chi connectivity index (χ4v) is 3.48. The Bertz CT molecular complexity index is 803. The van der Waals surface area contributed by atoms with Crippen LogP contribution in [0.25, 0.3) is 0 Å². The molecule has 0 aromatic heterocycles. The lowest BCUT2D eigenvalue weighted by Crippen LogP contribution is -2.29. The van der Waals surface area contributed by atoms with Crippen LogP contribution >= 0.6 is 34.8 Å². The first-order valence-corrected chi connectivity index (χ1v) is 9.70. The second-order valence-electron chi connectivity index (χ2n) is 6.00. The lowest BCUT2D eigenvalue weighted by molar-refractivity contribution is -0.120. The molecule has 0 atom stereocenters. The Hall–Kier alpha value is -2.09. The van der Waals surface area contributed by atoms with Crippen molar-refractivity contribution in [3.05, 3.63) is 39.9 Å². The predicted octanol–water partition coefficient (Wildman–Crippen LogP) is 3.68. The number of hydrogen-bond donors (Lipinski definition) is 2. The number of hydrogen-bond acceptors (Lipinski definition) is 4. The molecule has 3 amide bonds. The number of carbonyl (C=O) groups excluding carboxylic acids is 3. The largest absolute Gasteiger partial charge is 0.353 e. The monoisotopic (exact) mass is 444 g/mol. The minimum atomic E-state index is -0.362. The first kappa shape index (κ1) is 22.2. The number of nitrogens with zero attached hydrogens (tertiary/aromatic N) is 2. The number of benzene rings is 1. The van der Waals surface area contributed by atoms with Crippen LogP contribution in [0.15, 0.2) is 29.9 Å². The highest BCUT2D eigenvalue weighted by Crippen LogP contribution is 2.38. The fraction of sp³-hybridized carbons (Fsp3) is 0.333. The van der Waals surface area contributed by atoms with Crippen molar-refractivity contribution in [2.75, 3.05) is 11.6 Å². The molecule has 0 radical (unpaired) electrons. The fourth-order valence-electron chi connectivity index (χ4n) is 2.51. The van der Waals surface area contributed by atoms with Gasteiger partial charge in [0.1, 0.15) is 11.5 Å². The van der Waals surface area contributed by atoms with Crippen molar-refractivity contribution in [3.8, 4) is 0 Å². The van der Waals surface area contributed by atoms with Crippen LogP contribution < -0.4 is 15.6 Å². The highest BCUT2D eigenvalue weighted by molar-refractivity contribution is 6.42. The number of nitrogens with one attached hydrogen (secondary N) is 2. The SMILES string of the molecule is C=CC(=O)NCCCCCC(=O)NC1=NN(c2c(Cl)cc(Cl)cc2Cl)C(=O)C1. The van der Waals surface area contributed by atoms with Crippen molar-refractivity contribution in [1.29, 1.82) is 0 Å². The second kappa shape index (κ2) is 10.5. The molecule has 2 N–H and O–H groups in total. The summed E-state index contributed by atoms with van der Waals surface area (Å²) < 4.78 is 0. The maximum atomic E-state index is 12.2. The standard InChI is InChI=1S/C18H19Cl3N4O3/c1-2-15(26)22-7-5-3-4-6-16(27)23-14-10-17(28)25(24-14)18-12(20)8-11(19)9-13(18)21/h2,8-9H,1,3-7,10H2,(H,22,26)(H,23,24,27). The van der Waals surface area contributed by atoms with Crippen LogP contribution in [0, 0.1) is 0 Å². The highest BCUT2D eigenvalue weighted by atomic mass is 35.5. The lowest BCUT2D eigenvalue weighted by atomic mass is 10.2. The van der Waals surface area contributed by atoms with E-state index >= 15 is 0 Å². The number of amides is 3. The van der Waals surface area contributed by atoms with Gasteiger partial charge in [-0.2, -0.15) is 10.1 Å². The van der Waals surface area contributed by atoms with Crippen molar-refractivity contribution >= 4 is 64.0 Å². The summed E-state index contributed by atoms with van der Waals surface area (Å²) in [7, 11) is 0. The molecule has 0 aliphatic carbocycles. The van der Waals surface area contributed by atoms with E-state index in [0.29, 0.717) is 18.0 Å². The highest BCUT2D eigenvalue weighted by Gasteiger charge is 2.29. The average Bonchev–Trinajstić information content (AvgIpc) is 2.96.